The minimum atomic E-state index is -1.96. The molecular formula is C20H39N3O3Si. The minimum Gasteiger partial charge on any atom is -0.413 e. The Labute approximate surface area is 166 Å². The Morgan fingerprint density at radius 1 is 1.19 bits per heavy atom. The van der Waals surface area contributed by atoms with Crippen LogP contribution in [0.3, 0.4) is 0 Å². The maximum atomic E-state index is 13.0. The third-order valence-electron chi connectivity index (χ3n) is 6.75. The predicted molar refractivity (Wildman–Crippen MR) is 111 cm³/mol. The quantitative estimate of drug-likeness (QED) is 0.571. The van der Waals surface area contributed by atoms with E-state index in [9.17, 15) is 9.59 Å². The molecule has 2 fully saturated rings. The highest BCUT2D eigenvalue weighted by molar-refractivity contribution is 6.74. The highest BCUT2D eigenvalue weighted by Gasteiger charge is 2.50. The first-order valence-electron chi connectivity index (χ1n) is 10.3. The molecule has 2 amide bonds. The zero-order chi connectivity index (χ0) is 20.6. The molecule has 0 aromatic carbocycles. The second-order valence-electron chi connectivity index (χ2n) is 9.91. The van der Waals surface area contributed by atoms with Crippen LogP contribution in [0, 0.1) is 11.8 Å². The summed E-state index contributed by atoms with van der Waals surface area (Å²) in [6.07, 6.45) is 0.829. The van der Waals surface area contributed by atoms with Gasteiger partial charge in [-0.2, -0.15) is 0 Å². The molecule has 2 aliphatic rings. The molecule has 0 saturated carbocycles. The lowest BCUT2D eigenvalue weighted by molar-refractivity contribution is -0.148. The van der Waals surface area contributed by atoms with Crippen molar-refractivity contribution in [3.05, 3.63) is 0 Å². The largest absolute Gasteiger partial charge is 0.413 e. The number of hydrogen-bond donors (Lipinski definition) is 1. The molecular weight excluding hydrogens is 358 g/mol. The molecule has 156 valence electrons. The van der Waals surface area contributed by atoms with Gasteiger partial charge in [-0.05, 0) is 45.1 Å². The van der Waals surface area contributed by atoms with E-state index in [1.165, 1.54) is 0 Å². The van der Waals surface area contributed by atoms with Gasteiger partial charge in [-0.1, -0.05) is 27.7 Å². The van der Waals surface area contributed by atoms with E-state index in [2.05, 4.69) is 51.1 Å². The summed E-state index contributed by atoms with van der Waals surface area (Å²) in [5, 5.41) is 3.07. The number of nitrogens with zero attached hydrogens (tertiary/aromatic N) is 2. The zero-order valence-electron chi connectivity index (χ0n) is 18.5. The third kappa shape index (κ3) is 4.92. The lowest BCUT2D eigenvalue weighted by Crippen LogP contribution is -2.67. The monoisotopic (exact) mass is 397 g/mol. The standard InChI is InChI=1S/C20H39N3O3Si/c1-14(19(25)23-11-9-10-22(6)12-13-23)17-16(18(24)21-17)15(2)26-27(7,8)20(3,4)5/h14-17H,9-13H2,1-8H3,(H,21,24)/t14?,15-,16-,17-/m1/s1. The van der Waals surface area contributed by atoms with E-state index in [1.54, 1.807) is 0 Å². The number of carbonyl (C=O) groups is 2. The average molecular weight is 398 g/mol. The highest BCUT2D eigenvalue weighted by atomic mass is 28.4. The van der Waals surface area contributed by atoms with Crippen molar-refractivity contribution in [1.82, 2.24) is 15.1 Å². The second-order valence-corrected chi connectivity index (χ2v) is 14.7. The Morgan fingerprint density at radius 3 is 2.37 bits per heavy atom. The van der Waals surface area contributed by atoms with Crippen LogP contribution in [0.4, 0.5) is 0 Å². The van der Waals surface area contributed by atoms with Crippen molar-refractivity contribution < 1.29 is 14.0 Å². The topological polar surface area (TPSA) is 61.9 Å². The number of hydrogen-bond acceptors (Lipinski definition) is 4. The van der Waals surface area contributed by atoms with Crippen LogP contribution in [-0.4, -0.2) is 75.3 Å². The van der Waals surface area contributed by atoms with Crippen molar-refractivity contribution in [2.45, 2.75) is 71.3 Å². The Bertz CT molecular complexity index is 561. The highest BCUT2D eigenvalue weighted by Crippen LogP contribution is 2.39. The van der Waals surface area contributed by atoms with E-state index in [1.807, 2.05) is 18.7 Å². The number of nitrogens with one attached hydrogen (secondary N) is 1. The summed E-state index contributed by atoms with van der Waals surface area (Å²) in [5.41, 5.74) is 0. The summed E-state index contributed by atoms with van der Waals surface area (Å²) in [4.78, 5) is 29.6. The van der Waals surface area contributed by atoms with E-state index < -0.39 is 8.32 Å². The van der Waals surface area contributed by atoms with Crippen molar-refractivity contribution in [3.63, 3.8) is 0 Å². The van der Waals surface area contributed by atoms with E-state index >= 15 is 0 Å². The average Bonchev–Trinajstić information content (AvgIpc) is 2.74. The molecule has 27 heavy (non-hydrogen) atoms. The third-order valence-corrected chi connectivity index (χ3v) is 11.3. The lowest BCUT2D eigenvalue weighted by Gasteiger charge is -2.47. The Kier molecular flexibility index (Phi) is 6.80. The molecule has 0 aliphatic carbocycles. The molecule has 0 spiro atoms. The predicted octanol–water partition coefficient (Wildman–Crippen LogP) is 2.31. The van der Waals surface area contributed by atoms with Crippen molar-refractivity contribution in [2.75, 3.05) is 33.2 Å². The number of β-lactam (4-membered cyclic amide) rings is 1. The van der Waals surface area contributed by atoms with Gasteiger partial charge in [0.1, 0.15) is 0 Å². The Balaban J connectivity index is 2.03. The van der Waals surface area contributed by atoms with E-state index in [-0.39, 0.29) is 40.8 Å². The first-order valence-corrected chi connectivity index (χ1v) is 13.2. The Morgan fingerprint density at radius 2 is 1.81 bits per heavy atom. The maximum Gasteiger partial charge on any atom is 0.228 e. The van der Waals surface area contributed by atoms with Crippen molar-refractivity contribution >= 4 is 20.1 Å². The SMILES string of the molecule is CC(C(=O)N1CCCN(C)CC1)[C@H]1NC(=O)[C@@H]1[C@@H](C)O[Si](C)(C)C(C)(C)C. The van der Waals surface area contributed by atoms with Gasteiger partial charge in [0, 0.05) is 19.6 Å². The van der Waals surface area contributed by atoms with Gasteiger partial charge in [-0.25, -0.2) is 0 Å². The smallest absolute Gasteiger partial charge is 0.228 e. The molecule has 1 unspecified atom stereocenters. The molecule has 2 rings (SSSR count). The fourth-order valence-electron chi connectivity index (χ4n) is 3.78. The molecule has 0 aromatic heterocycles. The van der Waals surface area contributed by atoms with E-state index in [0.29, 0.717) is 0 Å². The molecule has 1 N–H and O–H groups in total. The van der Waals surface area contributed by atoms with Crippen LogP contribution in [-0.2, 0) is 14.0 Å². The summed E-state index contributed by atoms with van der Waals surface area (Å²) >= 11 is 0. The maximum absolute atomic E-state index is 13.0. The van der Waals surface area contributed by atoms with Gasteiger partial charge in [-0.15, -0.1) is 0 Å². The van der Waals surface area contributed by atoms with Gasteiger partial charge in [0.2, 0.25) is 11.8 Å². The second kappa shape index (κ2) is 8.21. The minimum absolute atomic E-state index is 0.0152. The van der Waals surface area contributed by atoms with Gasteiger partial charge in [0.15, 0.2) is 8.32 Å². The fourth-order valence-corrected chi connectivity index (χ4v) is 5.21. The molecule has 0 radical (unpaired) electrons. The fraction of sp³-hybridized carbons (Fsp3) is 0.900. The van der Waals surface area contributed by atoms with Crippen molar-refractivity contribution in [1.29, 1.82) is 0 Å². The van der Waals surface area contributed by atoms with Crippen LogP contribution in [0.5, 0.6) is 0 Å². The molecule has 0 bridgehead atoms. The van der Waals surface area contributed by atoms with Gasteiger partial charge in [0.25, 0.3) is 0 Å². The molecule has 2 saturated heterocycles. The molecule has 0 aromatic rings. The molecule has 2 heterocycles. The lowest BCUT2D eigenvalue weighted by atomic mass is 9.78. The first-order chi connectivity index (χ1) is 12.3. The molecule has 2 aliphatic heterocycles. The number of carbonyl (C=O) groups excluding carboxylic acids is 2. The summed E-state index contributed by atoms with van der Waals surface area (Å²) in [6, 6.07) is -0.134. The Hall–Kier alpha value is -0.923. The van der Waals surface area contributed by atoms with Crippen LogP contribution < -0.4 is 5.32 Å². The normalized spacial score (nSPS) is 27.4. The van der Waals surface area contributed by atoms with Crippen molar-refractivity contribution in [3.8, 4) is 0 Å². The van der Waals surface area contributed by atoms with Crippen LogP contribution >= 0.6 is 0 Å². The van der Waals surface area contributed by atoms with Gasteiger partial charge >= 0.3 is 0 Å². The number of amides is 2. The van der Waals surface area contributed by atoms with E-state index in [4.69, 9.17) is 4.43 Å². The summed E-state index contributed by atoms with van der Waals surface area (Å²) < 4.78 is 6.46. The van der Waals surface area contributed by atoms with Gasteiger partial charge < -0.3 is 19.5 Å². The number of likely N-dealkylation sites (N-methyl/N-ethyl adjacent to an activating group) is 1. The van der Waals surface area contributed by atoms with Gasteiger partial charge in [0.05, 0.1) is 24.0 Å². The van der Waals surface area contributed by atoms with Crippen LogP contribution in [0.15, 0.2) is 0 Å². The van der Waals surface area contributed by atoms with Crippen LogP contribution in [0.1, 0.15) is 41.0 Å². The van der Waals surface area contributed by atoms with Crippen molar-refractivity contribution in [2.24, 2.45) is 11.8 Å². The van der Waals surface area contributed by atoms with E-state index in [0.717, 1.165) is 32.6 Å². The zero-order valence-corrected chi connectivity index (χ0v) is 19.5. The first kappa shape index (κ1) is 22.4. The molecule has 7 heteroatoms. The summed E-state index contributed by atoms with van der Waals surface area (Å²) in [7, 11) is 0.135. The van der Waals surface area contributed by atoms with Gasteiger partial charge in [-0.3, -0.25) is 9.59 Å². The molecule has 4 atom stereocenters. The van der Waals surface area contributed by atoms with Crippen LogP contribution in [0.25, 0.3) is 0 Å². The summed E-state index contributed by atoms with van der Waals surface area (Å²) in [6.45, 7) is 18.5. The number of rotatable bonds is 5. The summed E-state index contributed by atoms with van der Waals surface area (Å²) in [5.74, 6) is -0.296. The molecule has 6 nitrogen and oxygen atoms in total. The van der Waals surface area contributed by atoms with Crippen LogP contribution in [0.2, 0.25) is 18.1 Å².